The molecule has 0 radical (unpaired) electrons. The van der Waals surface area contributed by atoms with Crippen LogP contribution in [0.2, 0.25) is 0 Å². The minimum atomic E-state index is -0.644. The Morgan fingerprint density at radius 2 is 1.87 bits per heavy atom. The van der Waals surface area contributed by atoms with Gasteiger partial charge in [-0.2, -0.15) is 0 Å². The molecule has 0 N–H and O–H groups in total. The Labute approximate surface area is 194 Å². The lowest BCUT2D eigenvalue weighted by Crippen LogP contribution is -2.44. The highest BCUT2D eigenvalue weighted by atomic mass is 127. The molecule has 4 heterocycles. The van der Waals surface area contributed by atoms with Crippen LogP contribution in [-0.4, -0.2) is 52.1 Å². The lowest BCUT2D eigenvalue weighted by Gasteiger charge is -2.27. The van der Waals surface area contributed by atoms with E-state index in [4.69, 9.17) is 14.7 Å². The zero-order valence-electron chi connectivity index (χ0n) is 17.4. The number of halogens is 1. The van der Waals surface area contributed by atoms with E-state index in [2.05, 4.69) is 27.5 Å². The molecule has 0 aromatic carbocycles. The molecule has 0 unspecified atom stereocenters. The Hall–Kier alpha value is -1.75. The summed E-state index contributed by atoms with van der Waals surface area (Å²) < 4.78 is 6.25. The molecule has 1 fully saturated rings. The van der Waals surface area contributed by atoms with Gasteiger partial charge in [-0.1, -0.05) is 0 Å². The Bertz CT molecular complexity index is 979. The number of thiazole rings is 1. The molecule has 0 spiro atoms. The van der Waals surface area contributed by atoms with Crippen LogP contribution in [0.5, 0.6) is 0 Å². The van der Waals surface area contributed by atoms with Crippen molar-refractivity contribution in [3.8, 4) is 10.6 Å². The predicted molar refractivity (Wildman–Crippen MR) is 125 cm³/mol. The van der Waals surface area contributed by atoms with Gasteiger partial charge in [0.2, 0.25) is 0 Å². The molecule has 4 rings (SSSR count). The zero-order chi connectivity index (χ0) is 21.5. The van der Waals surface area contributed by atoms with Gasteiger partial charge in [-0.3, -0.25) is 4.79 Å². The van der Waals surface area contributed by atoms with Crippen LogP contribution in [0, 0.1) is 3.70 Å². The lowest BCUT2D eigenvalue weighted by molar-refractivity contribution is 0.0235. The molecule has 0 aliphatic carbocycles. The van der Waals surface area contributed by atoms with E-state index in [-0.39, 0.29) is 12.5 Å². The van der Waals surface area contributed by atoms with Gasteiger partial charge < -0.3 is 9.64 Å². The van der Waals surface area contributed by atoms with Gasteiger partial charge in [0.15, 0.2) is 0 Å². The number of fused-ring (bicyclic) bond motifs is 1. The standard InChI is InChI=1S/C21H25IN4O3S/c1-21(2,3)29-20(28)26-12-9-14-16(19(26)27)30-18(23-14)13-7-8-15(24-17(13)22)25-10-5-4-6-11-25/h7-8H,4-6,9-12H2,1-3H3. The van der Waals surface area contributed by atoms with Crippen molar-refractivity contribution in [2.45, 2.75) is 52.1 Å². The van der Waals surface area contributed by atoms with Gasteiger partial charge in [-0.15, -0.1) is 11.3 Å². The number of amides is 2. The van der Waals surface area contributed by atoms with Crippen LogP contribution in [-0.2, 0) is 11.2 Å². The highest BCUT2D eigenvalue weighted by Gasteiger charge is 2.35. The van der Waals surface area contributed by atoms with Crippen LogP contribution in [0.1, 0.15) is 55.4 Å². The molecule has 0 atom stereocenters. The molecule has 160 valence electrons. The van der Waals surface area contributed by atoms with Gasteiger partial charge in [0, 0.05) is 31.6 Å². The van der Waals surface area contributed by atoms with Crippen molar-refractivity contribution in [1.82, 2.24) is 14.9 Å². The third kappa shape index (κ3) is 4.46. The topological polar surface area (TPSA) is 75.6 Å². The number of pyridine rings is 1. The quantitative estimate of drug-likeness (QED) is 0.405. The Morgan fingerprint density at radius 1 is 1.13 bits per heavy atom. The Kier molecular flexibility index (Phi) is 6.02. The fourth-order valence-corrected chi connectivity index (χ4v) is 5.57. The second-order valence-corrected chi connectivity index (χ2v) is 10.6. The van der Waals surface area contributed by atoms with E-state index < -0.39 is 11.7 Å². The molecule has 2 aromatic rings. The number of hydrogen-bond acceptors (Lipinski definition) is 7. The molecule has 2 aliphatic heterocycles. The predicted octanol–water partition coefficient (Wildman–Crippen LogP) is 4.73. The third-order valence-corrected chi connectivity index (χ3v) is 7.01. The summed E-state index contributed by atoms with van der Waals surface area (Å²) in [5, 5.41) is 0.765. The van der Waals surface area contributed by atoms with E-state index in [9.17, 15) is 9.59 Å². The third-order valence-electron chi connectivity index (χ3n) is 5.07. The molecule has 2 aliphatic rings. The summed E-state index contributed by atoms with van der Waals surface area (Å²) in [7, 11) is 0. The lowest BCUT2D eigenvalue weighted by atomic mass is 10.1. The van der Waals surface area contributed by atoms with Crippen LogP contribution in [0.3, 0.4) is 0 Å². The summed E-state index contributed by atoms with van der Waals surface area (Å²) in [4.78, 5) is 38.8. The molecule has 7 nitrogen and oxygen atoms in total. The van der Waals surface area contributed by atoms with Crippen molar-refractivity contribution in [1.29, 1.82) is 0 Å². The summed E-state index contributed by atoms with van der Waals surface area (Å²) in [6.07, 6.45) is 3.62. The number of anilines is 1. The van der Waals surface area contributed by atoms with Crippen LogP contribution in [0.4, 0.5) is 10.6 Å². The van der Waals surface area contributed by atoms with E-state index in [1.54, 1.807) is 20.8 Å². The number of piperidine rings is 1. The summed E-state index contributed by atoms with van der Waals surface area (Å²) in [5.74, 6) is 0.665. The van der Waals surface area contributed by atoms with Gasteiger partial charge in [-0.25, -0.2) is 19.7 Å². The number of nitrogens with zero attached hydrogens (tertiary/aromatic N) is 4. The van der Waals surface area contributed by atoms with Gasteiger partial charge in [0.05, 0.1) is 5.69 Å². The minimum Gasteiger partial charge on any atom is -0.443 e. The Morgan fingerprint density at radius 3 is 2.53 bits per heavy atom. The largest absolute Gasteiger partial charge is 0.443 e. The van der Waals surface area contributed by atoms with Gasteiger partial charge >= 0.3 is 6.09 Å². The minimum absolute atomic E-state index is 0.285. The second-order valence-electron chi connectivity index (χ2n) is 8.54. The second kappa shape index (κ2) is 8.41. The number of hydrogen-bond donors (Lipinski definition) is 0. The van der Waals surface area contributed by atoms with E-state index >= 15 is 0 Å². The first kappa shape index (κ1) is 21.5. The fourth-order valence-electron chi connectivity index (χ4n) is 3.62. The summed E-state index contributed by atoms with van der Waals surface area (Å²) in [6, 6.07) is 4.08. The maximum Gasteiger partial charge on any atom is 0.417 e. The number of aromatic nitrogens is 2. The van der Waals surface area contributed by atoms with Crippen LogP contribution >= 0.6 is 33.9 Å². The van der Waals surface area contributed by atoms with E-state index in [0.717, 1.165) is 38.9 Å². The maximum atomic E-state index is 12.9. The van der Waals surface area contributed by atoms with Crippen LogP contribution in [0.15, 0.2) is 12.1 Å². The molecular weight excluding hydrogens is 515 g/mol. The van der Waals surface area contributed by atoms with Crippen molar-refractivity contribution >= 4 is 51.7 Å². The van der Waals surface area contributed by atoms with Gasteiger partial charge in [-0.05, 0) is 74.8 Å². The average molecular weight is 540 g/mol. The number of ether oxygens (including phenoxy) is 1. The summed E-state index contributed by atoms with van der Waals surface area (Å²) in [5.41, 5.74) is 1.03. The van der Waals surface area contributed by atoms with Gasteiger partial charge in [0.1, 0.15) is 25.0 Å². The van der Waals surface area contributed by atoms with E-state index in [1.807, 2.05) is 12.1 Å². The normalized spacial score (nSPS) is 17.1. The first-order valence-corrected chi connectivity index (χ1v) is 12.1. The fraction of sp³-hybridized carbons (Fsp3) is 0.524. The van der Waals surface area contributed by atoms with Crippen LogP contribution < -0.4 is 4.90 Å². The molecule has 9 heteroatoms. The molecule has 1 saturated heterocycles. The number of imide groups is 1. The Balaban J connectivity index is 1.56. The zero-order valence-corrected chi connectivity index (χ0v) is 20.4. The van der Waals surface area contributed by atoms with Crippen molar-refractivity contribution in [3.63, 3.8) is 0 Å². The van der Waals surface area contributed by atoms with Crippen molar-refractivity contribution in [3.05, 3.63) is 26.4 Å². The molecule has 2 aromatic heterocycles. The van der Waals surface area contributed by atoms with Crippen LogP contribution in [0.25, 0.3) is 10.6 Å². The summed E-state index contributed by atoms with van der Waals surface area (Å²) >= 11 is 3.56. The highest BCUT2D eigenvalue weighted by molar-refractivity contribution is 14.1. The number of carbonyl (C=O) groups is 2. The van der Waals surface area contributed by atoms with E-state index in [1.165, 1.54) is 35.5 Å². The molecule has 0 saturated carbocycles. The first-order chi connectivity index (χ1) is 14.2. The summed E-state index contributed by atoms with van der Waals surface area (Å²) in [6.45, 7) is 7.74. The smallest absolute Gasteiger partial charge is 0.417 e. The maximum absolute atomic E-state index is 12.9. The van der Waals surface area contributed by atoms with Gasteiger partial charge in [0.25, 0.3) is 5.91 Å². The monoisotopic (exact) mass is 540 g/mol. The molecule has 30 heavy (non-hydrogen) atoms. The number of rotatable bonds is 2. The molecule has 2 amide bonds. The van der Waals surface area contributed by atoms with Crippen molar-refractivity contribution < 1.29 is 14.3 Å². The molecule has 0 bridgehead atoms. The van der Waals surface area contributed by atoms with Crippen molar-refractivity contribution in [2.24, 2.45) is 0 Å². The van der Waals surface area contributed by atoms with E-state index in [0.29, 0.717) is 11.3 Å². The highest BCUT2D eigenvalue weighted by Crippen LogP contribution is 2.35. The average Bonchev–Trinajstić information content (AvgIpc) is 3.12. The molecular formula is C21H25IN4O3S. The SMILES string of the molecule is CC(C)(C)OC(=O)N1CCc2nc(-c3ccc(N4CCCCC4)nc3I)sc2C1=O. The van der Waals surface area contributed by atoms with Crippen molar-refractivity contribution in [2.75, 3.05) is 24.5 Å². The number of carbonyl (C=O) groups excluding carboxylic acids is 2. The first-order valence-electron chi connectivity index (χ1n) is 10.2.